The zero-order chi connectivity index (χ0) is 18.5. The minimum atomic E-state index is 0.799. The molecule has 0 radical (unpaired) electrons. The number of rotatable bonds is 5. The first kappa shape index (κ1) is 16.9. The van der Waals surface area contributed by atoms with Crippen molar-refractivity contribution in [3.05, 3.63) is 108 Å². The van der Waals surface area contributed by atoms with Crippen LogP contribution in [0.15, 0.2) is 102 Å². The molecular formula is C24H20N2O. The maximum Gasteiger partial charge on any atom is 0.127 e. The lowest BCUT2D eigenvalue weighted by atomic mass is 10.2. The second kappa shape index (κ2) is 7.75. The fourth-order valence-corrected chi connectivity index (χ4v) is 2.74. The number of aromatic nitrogens is 1. The molecule has 0 amide bonds. The lowest BCUT2D eigenvalue weighted by Crippen LogP contribution is -1.88. The number of aliphatic imine (C=N–C) groups is 1. The quantitative estimate of drug-likeness (QED) is 0.386. The molecule has 0 aliphatic carbocycles. The van der Waals surface area contributed by atoms with Crippen molar-refractivity contribution in [1.82, 2.24) is 4.57 Å². The fraction of sp³-hybridized carbons (Fsp3) is 0.0417. The summed E-state index contributed by atoms with van der Waals surface area (Å²) in [6.07, 6.45) is 5.97. The molecule has 0 atom stereocenters. The Kier molecular flexibility index (Phi) is 4.84. The summed E-state index contributed by atoms with van der Waals surface area (Å²) in [4.78, 5) is 4.55. The van der Waals surface area contributed by atoms with Gasteiger partial charge in [-0.3, -0.25) is 4.99 Å². The van der Waals surface area contributed by atoms with E-state index in [2.05, 4.69) is 34.8 Å². The van der Waals surface area contributed by atoms with Gasteiger partial charge in [0.15, 0.2) is 0 Å². The third kappa shape index (κ3) is 4.33. The fourth-order valence-electron chi connectivity index (χ4n) is 2.74. The summed E-state index contributed by atoms with van der Waals surface area (Å²) in [5, 5.41) is 0. The van der Waals surface area contributed by atoms with Crippen molar-refractivity contribution in [2.75, 3.05) is 0 Å². The highest BCUT2D eigenvalue weighted by molar-refractivity contribution is 5.81. The molecule has 3 aromatic carbocycles. The van der Waals surface area contributed by atoms with Gasteiger partial charge in [-0.05, 0) is 61.5 Å². The Bertz CT molecular complexity index is 1030. The minimum Gasteiger partial charge on any atom is -0.457 e. The predicted octanol–water partition coefficient (Wildman–Crippen LogP) is 6.33. The van der Waals surface area contributed by atoms with Gasteiger partial charge in [0, 0.05) is 29.9 Å². The molecule has 1 heterocycles. The van der Waals surface area contributed by atoms with E-state index in [9.17, 15) is 0 Å². The molecule has 0 unspecified atom stereocenters. The molecule has 0 fully saturated rings. The molecule has 1 aromatic heterocycles. The topological polar surface area (TPSA) is 26.5 Å². The number of para-hydroxylation sites is 1. The zero-order valence-electron chi connectivity index (χ0n) is 15.1. The Labute approximate surface area is 159 Å². The number of hydrogen-bond acceptors (Lipinski definition) is 2. The minimum absolute atomic E-state index is 0.799. The van der Waals surface area contributed by atoms with Crippen LogP contribution in [0.2, 0.25) is 0 Å². The van der Waals surface area contributed by atoms with Crippen LogP contribution in [0.1, 0.15) is 11.1 Å². The standard InChI is InChI=1S/C24H20N2O/c1-19-7-11-23(12-8-19)27-24-13-9-21(10-14-24)25-17-20-15-16-26(18-20)22-5-3-2-4-6-22/h2-18H,1H3. The van der Waals surface area contributed by atoms with Crippen LogP contribution in [-0.2, 0) is 0 Å². The van der Waals surface area contributed by atoms with Crippen LogP contribution in [0.5, 0.6) is 11.5 Å². The average molecular weight is 352 g/mol. The Morgan fingerprint density at radius 1 is 0.778 bits per heavy atom. The van der Waals surface area contributed by atoms with E-state index < -0.39 is 0 Å². The Morgan fingerprint density at radius 2 is 1.44 bits per heavy atom. The van der Waals surface area contributed by atoms with Crippen molar-refractivity contribution < 1.29 is 4.74 Å². The summed E-state index contributed by atoms with van der Waals surface area (Å²) in [6, 6.07) is 28.1. The van der Waals surface area contributed by atoms with Crippen molar-refractivity contribution >= 4 is 11.9 Å². The maximum atomic E-state index is 5.85. The Hall–Kier alpha value is -3.59. The molecule has 0 bridgehead atoms. The second-order valence-electron chi connectivity index (χ2n) is 6.35. The summed E-state index contributed by atoms with van der Waals surface area (Å²) < 4.78 is 7.93. The number of ether oxygens (including phenoxy) is 1. The molecule has 0 saturated carbocycles. The largest absolute Gasteiger partial charge is 0.457 e. The van der Waals surface area contributed by atoms with Gasteiger partial charge in [-0.15, -0.1) is 0 Å². The van der Waals surface area contributed by atoms with Crippen molar-refractivity contribution in [1.29, 1.82) is 0 Å². The summed E-state index contributed by atoms with van der Waals surface area (Å²) >= 11 is 0. The van der Waals surface area contributed by atoms with Crippen molar-refractivity contribution in [2.45, 2.75) is 6.92 Å². The maximum absolute atomic E-state index is 5.85. The summed E-state index contributed by atoms with van der Waals surface area (Å²) in [5.41, 5.74) is 4.29. The van der Waals surface area contributed by atoms with Crippen LogP contribution in [0.3, 0.4) is 0 Å². The molecule has 3 nitrogen and oxygen atoms in total. The number of aryl methyl sites for hydroxylation is 1. The van der Waals surface area contributed by atoms with E-state index >= 15 is 0 Å². The third-order valence-corrected chi connectivity index (χ3v) is 4.23. The number of nitrogens with zero attached hydrogens (tertiary/aromatic N) is 2. The lowest BCUT2D eigenvalue weighted by molar-refractivity contribution is 0.482. The summed E-state index contributed by atoms with van der Waals surface area (Å²) in [5.74, 6) is 1.63. The first-order valence-corrected chi connectivity index (χ1v) is 8.88. The van der Waals surface area contributed by atoms with Crippen LogP contribution < -0.4 is 4.74 Å². The molecule has 0 aliphatic rings. The molecule has 27 heavy (non-hydrogen) atoms. The van der Waals surface area contributed by atoms with Crippen LogP contribution in [0.25, 0.3) is 5.69 Å². The van der Waals surface area contributed by atoms with Gasteiger partial charge < -0.3 is 9.30 Å². The molecule has 132 valence electrons. The normalized spacial score (nSPS) is 11.0. The Morgan fingerprint density at radius 3 is 2.15 bits per heavy atom. The highest BCUT2D eigenvalue weighted by Crippen LogP contribution is 2.24. The summed E-state index contributed by atoms with van der Waals surface area (Å²) in [7, 11) is 0. The van der Waals surface area contributed by atoms with Gasteiger partial charge >= 0.3 is 0 Å². The van der Waals surface area contributed by atoms with E-state index in [-0.39, 0.29) is 0 Å². The first-order chi connectivity index (χ1) is 13.3. The van der Waals surface area contributed by atoms with E-state index in [0.29, 0.717) is 0 Å². The molecule has 4 rings (SSSR count). The molecule has 0 saturated heterocycles. The highest BCUT2D eigenvalue weighted by Gasteiger charge is 1.99. The molecule has 3 heteroatoms. The van der Waals surface area contributed by atoms with E-state index in [1.54, 1.807) is 0 Å². The van der Waals surface area contributed by atoms with Gasteiger partial charge in [-0.25, -0.2) is 0 Å². The Balaban J connectivity index is 1.42. The van der Waals surface area contributed by atoms with Crippen LogP contribution >= 0.6 is 0 Å². The van der Waals surface area contributed by atoms with Gasteiger partial charge in [0.25, 0.3) is 0 Å². The monoisotopic (exact) mass is 352 g/mol. The van der Waals surface area contributed by atoms with E-state index in [0.717, 1.165) is 28.4 Å². The van der Waals surface area contributed by atoms with Crippen molar-refractivity contribution in [3.63, 3.8) is 0 Å². The van der Waals surface area contributed by atoms with E-state index in [4.69, 9.17) is 4.74 Å². The second-order valence-corrected chi connectivity index (χ2v) is 6.35. The highest BCUT2D eigenvalue weighted by atomic mass is 16.5. The molecule has 0 spiro atoms. The molecule has 0 N–H and O–H groups in total. The van der Waals surface area contributed by atoms with Crippen LogP contribution in [-0.4, -0.2) is 10.8 Å². The summed E-state index contributed by atoms with van der Waals surface area (Å²) in [6.45, 7) is 2.06. The average Bonchev–Trinajstić information content (AvgIpc) is 3.19. The van der Waals surface area contributed by atoms with Gasteiger partial charge in [-0.2, -0.15) is 0 Å². The SMILES string of the molecule is Cc1ccc(Oc2ccc(N=Cc3ccn(-c4ccccc4)c3)cc2)cc1. The molecule has 0 aliphatic heterocycles. The van der Waals surface area contributed by atoms with Crippen LogP contribution in [0.4, 0.5) is 5.69 Å². The van der Waals surface area contributed by atoms with Gasteiger partial charge in [0.1, 0.15) is 11.5 Å². The van der Waals surface area contributed by atoms with Crippen molar-refractivity contribution in [3.8, 4) is 17.2 Å². The third-order valence-electron chi connectivity index (χ3n) is 4.23. The predicted molar refractivity (Wildman–Crippen MR) is 111 cm³/mol. The number of benzene rings is 3. The van der Waals surface area contributed by atoms with Crippen LogP contribution in [0, 0.1) is 6.92 Å². The lowest BCUT2D eigenvalue weighted by Gasteiger charge is -2.05. The van der Waals surface area contributed by atoms with E-state index in [1.165, 1.54) is 5.56 Å². The van der Waals surface area contributed by atoms with E-state index in [1.807, 2.05) is 85.2 Å². The smallest absolute Gasteiger partial charge is 0.127 e. The van der Waals surface area contributed by atoms with Gasteiger partial charge in [0.2, 0.25) is 0 Å². The van der Waals surface area contributed by atoms with Gasteiger partial charge in [-0.1, -0.05) is 35.9 Å². The first-order valence-electron chi connectivity index (χ1n) is 8.88. The number of hydrogen-bond donors (Lipinski definition) is 0. The zero-order valence-corrected chi connectivity index (χ0v) is 15.1. The van der Waals surface area contributed by atoms with Crippen molar-refractivity contribution in [2.24, 2.45) is 4.99 Å². The molecular weight excluding hydrogens is 332 g/mol. The van der Waals surface area contributed by atoms with Gasteiger partial charge in [0.05, 0.1) is 5.69 Å². The molecule has 4 aromatic rings.